The summed E-state index contributed by atoms with van der Waals surface area (Å²) in [6.45, 7) is 1.45. The van der Waals surface area contributed by atoms with Crippen molar-refractivity contribution in [2.45, 2.75) is 38.0 Å². The van der Waals surface area contributed by atoms with E-state index in [9.17, 15) is 9.90 Å². The van der Waals surface area contributed by atoms with E-state index in [2.05, 4.69) is 22.8 Å². The first-order chi connectivity index (χ1) is 9.22. The molecule has 2 aliphatic rings. The summed E-state index contributed by atoms with van der Waals surface area (Å²) in [5, 5.41) is 15.5. The molecule has 0 radical (unpaired) electrons. The second-order valence-corrected chi connectivity index (χ2v) is 5.64. The Morgan fingerprint density at radius 1 is 1.32 bits per heavy atom. The molecule has 1 saturated carbocycles. The summed E-state index contributed by atoms with van der Waals surface area (Å²) < 4.78 is 0. The summed E-state index contributed by atoms with van der Waals surface area (Å²) in [5.41, 5.74) is 2.55. The maximum absolute atomic E-state index is 12.1. The van der Waals surface area contributed by atoms with E-state index in [4.69, 9.17) is 0 Å². The maximum Gasteiger partial charge on any atom is 0.237 e. The van der Waals surface area contributed by atoms with Gasteiger partial charge in [-0.3, -0.25) is 4.79 Å². The van der Waals surface area contributed by atoms with Gasteiger partial charge in [0.2, 0.25) is 5.91 Å². The van der Waals surface area contributed by atoms with Crippen molar-refractivity contribution in [2.24, 2.45) is 5.92 Å². The highest BCUT2D eigenvalue weighted by Gasteiger charge is 2.29. The quantitative estimate of drug-likeness (QED) is 0.745. The van der Waals surface area contributed by atoms with Crippen molar-refractivity contribution in [2.75, 3.05) is 6.54 Å². The molecule has 1 aliphatic carbocycles. The maximum atomic E-state index is 12.1. The lowest BCUT2D eigenvalue weighted by atomic mass is 9.82. The van der Waals surface area contributed by atoms with E-state index in [-0.39, 0.29) is 18.1 Å². The Kier molecular flexibility index (Phi) is 3.53. The van der Waals surface area contributed by atoms with E-state index < -0.39 is 0 Å². The van der Waals surface area contributed by atoms with Gasteiger partial charge in [0.25, 0.3) is 0 Å². The Morgan fingerprint density at radius 3 is 2.79 bits per heavy atom. The number of benzene rings is 1. The van der Waals surface area contributed by atoms with Crippen LogP contribution in [0.1, 0.15) is 24.0 Å². The number of carbonyl (C=O) groups is 1. The SMILES string of the molecule is O=C(NCC1CC(O)C1)C1Cc2ccccc2CN1. The Hall–Kier alpha value is -1.39. The molecule has 1 aliphatic heterocycles. The van der Waals surface area contributed by atoms with Gasteiger partial charge in [-0.2, -0.15) is 0 Å². The second kappa shape index (κ2) is 5.31. The van der Waals surface area contributed by atoms with Crippen molar-refractivity contribution in [3.05, 3.63) is 35.4 Å². The lowest BCUT2D eigenvalue weighted by molar-refractivity contribution is -0.123. The summed E-state index contributed by atoms with van der Waals surface area (Å²) in [7, 11) is 0. The number of aliphatic hydroxyl groups excluding tert-OH is 1. The predicted octanol–water partition coefficient (Wildman–Crippen LogP) is 0.588. The average Bonchev–Trinajstić information content (AvgIpc) is 2.41. The molecule has 3 N–H and O–H groups in total. The van der Waals surface area contributed by atoms with E-state index in [1.54, 1.807) is 0 Å². The van der Waals surface area contributed by atoms with Crippen molar-refractivity contribution in [3.8, 4) is 0 Å². The van der Waals surface area contributed by atoms with Crippen molar-refractivity contribution in [3.63, 3.8) is 0 Å². The van der Waals surface area contributed by atoms with Crippen LogP contribution in [0.3, 0.4) is 0 Å². The topological polar surface area (TPSA) is 61.4 Å². The monoisotopic (exact) mass is 260 g/mol. The Labute approximate surface area is 113 Å². The molecule has 1 atom stereocenters. The summed E-state index contributed by atoms with van der Waals surface area (Å²) >= 11 is 0. The summed E-state index contributed by atoms with van der Waals surface area (Å²) in [6, 6.07) is 8.13. The first-order valence-electron chi connectivity index (χ1n) is 6.98. The molecule has 0 bridgehead atoms. The first kappa shape index (κ1) is 12.6. The number of aliphatic hydroxyl groups is 1. The van der Waals surface area contributed by atoms with Crippen LogP contribution >= 0.6 is 0 Å². The van der Waals surface area contributed by atoms with Gasteiger partial charge in [0.15, 0.2) is 0 Å². The molecule has 4 nitrogen and oxygen atoms in total. The van der Waals surface area contributed by atoms with Crippen LogP contribution in [0.2, 0.25) is 0 Å². The van der Waals surface area contributed by atoms with Crippen LogP contribution in [-0.2, 0) is 17.8 Å². The largest absolute Gasteiger partial charge is 0.393 e. The van der Waals surface area contributed by atoms with Gasteiger partial charge in [0.1, 0.15) is 0 Å². The van der Waals surface area contributed by atoms with Crippen LogP contribution in [0.4, 0.5) is 0 Å². The molecule has 1 heterocycles. The molecule has 4 heteroatoms. The van der Waals surface area contributed by atoms with Gasteiger partial charge in [-0.1, -0.05) is 24.3 Å². The normalized spacial score (nSPS) is 29.2. The third kappa shape index (κ3) is 2.80. The summed E-state index contributed by atoms with van der Waals surface area (Å²) in [4.78, 5) is 12.1. The molecule has 0 spiro atoms. The molecule has 0 aromatic heterocycles. The number of fused-ring (bicyclic) bond motifs is 1. The third-order valence-corrected chi connectivity index (χ3v) is 4.17. The van der Waals surface area contributed by atoms with Crippen molar-refractivity contribution < 1.29 is 9.90 Å². The van der Waals surface area contributed by atoms with E-state index in [0.29, 0.717) is 12.5 Å². The average molecular weight is 260 g/mol. The lowest BCUT2D eigenvalue weighted by Crippen LogP contribution is -2.49. The molecule has 1 aromatic rings. The summed E-state index contributed by atoms with van der Waals surface area (Å²) in [5.74, 6) is 0.533. The molecular weight excluding hydrogens is 240 g/mol. The van der Waals surface area contributed by atoms with Crippen molar-refractivity contribution in [1.29, 1.82) is 0 Å². The molecule has 102 valence electrons. The van der Waals surface area contributed by atoms with Crippen LogP contribution in [-0.4, -0.2) is 29.7 Å². The molecule has 1 fully saturated rings. The fourth-order valence-electron chi connectivity index (χ4n) is 2.88. The molecule has 0 saturated heterocycles. The molecule has 1 amide bonds. The number of amides is 1. The van der Waals surface area contributed by atoms with Crippen molar-refractivity contribution >= 4 is 5.91 Å². The molecule has 19 heavy (non-hydrogen) atoms. The third-order valence-electron chi connectivity index (χ3n) is 4.17. The number of rotatable bonds is 3. The van der Waals surface area contributed by atoms with E-state index in [0.717, 1.165) is 25.8 Å². The zero-order valence-corrected chi connectivity index (χ0v) is 10.9. The minimum absolute atomic E-state index is 0.0795. The smallest absolute Gasteiger partial charge is 0.237 e. The van der Waals surface area contributed by atoms with Crippen molar-refractivity contribution in [1.82, 2.24) is 10.6 Å². The van der Waals surface area contributed by atoms with E-state index >= 15 is 0 Å². The fourth-order valence-corrected chi connectivity index (χ4v) is 2.88. The standard InChI is InChI=1S/C15H20N2O2/c18-13-5-10(6-13)8-17-15(19)14-7-11-3-1-2-4-12(11)9-16-14/h1-4,10,13-14,16,18H,5-9H2,(H,17,19). The Bertz CT molecular complexity index is 469. The highest BCUT2D eigenvalue weighted by Crippen LogP contribution is 2.26. The zero-order chi connectivity index (χ0) is 13.2. The van der Waals surface area contributed by atoms with Gasteiger partial charge in [0, 0.05) is 13.1 Å². The van der Waals surface area contributed by atoms with Crippen LogP contribution in [0.25, 0.3) is 0 Å². The van der Waals surface area contributed by atoms with Gasteiger partial charge in [-0.25, -0.2) is 0 Å². The van der Waals surface area contributed by atoms with Gasteiger partial charge in [-0.15, -0.1) is 0 Å². The highest BCUT2D eigenvalue weighted by atomic mass is 16.3. The Balaban J connectivity index is 1.51. The van der Waals surface area contributed by atoms with E-state index in [1.165, 1.54) is 11.1 Å². The first-order valence-corrected chi connectivity index (χ1v) is 6.98. The van der Waals surface area contributed by atoms with Gasteiger partial charge in [-0.05, 0) is 36.3 Å². The lowest BCUT2D eigenvalue weighted by Gasteiger charge is -2.32. The number of hydrogen-bond acceptors (Lipinski definition) is 3. The molecule has 3 rings (SSSR count). The number of nitrogens with one attached hydrogen (secondary N) is 2. The second-order valence-electron chi connectivity index (χ2n) is 5.64. The molecule has 1 aromatic carbocycles. The van der Waals surface area contributed by atoms with Crippen LogP contribution in [0.5, 0.6) is 0 Å². The highest BCUT2D eigenvalue weighted by molar-refractivity contribution is 5.82. The molecular formula is C15H20N2O2. The zero-order valence-electron chi connectivity index (χ0n) is 10.9. The van der Waals surface area contributed by atoms with Gasteiger partial charge in [0.05, 0.1) is 12.1 Å². The van der Waals surface area contributed by atoms with Crippen LogP contribution in [0.15, 0.2) is 24.3 Å². The summed E-state index contributed by atoms with van der Waals surface area (Å²) in [6.07, 6.45) is 2.25. The number of hydrogen-bond donors (Lipinski definition) is 3. The Morgan fingerprint density at radius 2 is 2.05 bits per heavy atom. The minimum Gasteiger partial charge on any atom is -0.393 e. The minimum atomic E-state index is -0.151. The van der Waals surface area contributed by atoms with Gasteiger partial charge < -0.3 is 15.7 Å². The molecule has 1 unspecified atom stereocenters. The van der Waals surface area contributed by atoms with E-state index in [1.807, 2.05) is 12.1 Å². The number of carbonyl (C=O) groups excluding carboxylic acids is 1. The van der Waals surface area contributed by atoms with Crippen LogP contribution < -0.4 is 10.6 Å². The predicted molar refractivity (Wildman–Crippen MR) is 72.5 cm³/mol. The van der Waals surface area contributed by atoms with Gasteiger partial charge >= 0.3 is 0 Å². The van der Waals surface area contributed by atoms with Crippen LogP contribution in [0, 0.1) is 5.92 Å². The fraction of sp³-hybridized carbons (Fsp3) is 0.533.